The lowest BCUT2D eigenvalue weighted by atomic mass is 10.2. The molecule has 0 radical (unpaired) electrons. The fourth-order valence-corrected chi connectivity index (χ4v) is 3.14. The van der Waals surface area contributed by atoms with Gasteiger partial charge in [-0.3, -0.25) is 4.79 Å². The van der Waals surface area contributed by atoms with Crippen molar-refractivity contribution >= 4 is 27.9 Å². The lowest BCUT2D eigenvalue weighted by Crippen LogP contribution is -2.30. The number of amides is 1. The van der Waals surface area contributed by atoms with E-state index in [0.717, 1.165) is 11.3 Å². The van der Waals surface area contributed by atoms with Gasteiger partial charge < -0.3 is 4.90 Å². The van der Waals surface area contributed by atoms with Crippen molar-refractivity contribution < 1.29 is 4.79 Å². The Hall–Kier alpha value is -2.99. The van der Waals surface area contributed by atoms with Gasteiger partial charge in [-0.1, -0.05) is 59.9 Å². The van der Waals surface area contributed by atoms with Gasteiger partial charge in [0.2, 0.25) is 4.96 Å². The number of fused-ring (bicyclic) bond motifs is 1. The van der Waals surface area contributed by atoms with Crippen molar-refractivity contribution in [3.05, 3.63) is 83.6 Å². The molecule has 0 fully saturated rings. The second-order valence-electron chi connectivity index (χ2n) is 5.30. The summed E-state index contributed by atoms with van der Waals surface area (Å²) in [4.78, 5) is 19.9. The normalized spacial score (nSPS) is 10.8. The maximum atomic E-state index is 13.0. The molecule has 4 rings (SSSR count). The highest BCUT2D eigenvalue weighted by atomic mass is 32.1. The standard InChI is InChI=1S/C18H14N4OS/c23-17(16-12-22-18(20-16)24-13-19-22)21(15-9-5-2-6-10-15)11-14-7-3-1-4-8-14/h1-10,12-13H,11H2. The van der Waals surface area contributed by atoms with Crippen LogP contribution in [0.15, 0.2) is 72.4 Å². The molecule has 118 valence electrons. The zero-order valence-corrected chi connectivity index (χ0v) is 13.6. The van der Waals surface area contributed by atoms with E-state index < -0.39 is 0 Å². The zero-order valence-electron chi connectivity index (χ0n) is 12.7. The first-order valence-corrected chi connectivity index (χ1v) is 8.39. The van der Waals surface area contributed by atoms with Gasteiger partial charge in [-0.2, -0.15) is 5.10 Å². The molecule has 0 aliphatic carbocycles. The van der Waals surface area contributed by atoms with Crippen LogP contribution >= 0.6 is 11.3 Å². The fourth-order valence-electron chi connectivity index (χ4n) is 2.53. The van der Waals surface area contributed by atoms with Crippen LogP contribution in [0.5, 0.6) is 0 Å². The number of aromatic nitrogens is 3. The van der Waals surface area contributed by atoms with E-state index in [-0.39, 0.29) is 5.91 Å². The fraction of sp³-hybridized carbons (Fsp3) is 0.0556. The molecule has 0 N–H and O–H groups in total. The molecule has 0 atom stereocenters. The SMILES string of the molecule is O=C(c1cn2ncsc2n1)N(Cc1ccccc1)c1ccccc1. The van der Waals surface area contributed by atoms with Crippen LogP contribution < -0.4 is 4.90 Å². The number of hydrogen-bond donors (Lipinski definition) is 0. The molecule has 0 aliphatic heterocycles. The molecule has 0 saturated heterocycles. The third-order valence-corrected chi connectivity index (χ3v) is 4.39. The van der Waals surface area contributed by atoms with Gasteiger partial charge in [0.15, 0.2) is 0 Å². The van der Waals surface area contributed by atoms with Crippen molar-refractivity contribution in [2.45, 2.75) is 6.54 Å². The Morgan fingerprint density at radius 3 is 2.46 bits per heavy atom. The van der Waals surface area contributed by atoms with E-state index in [1.165, 1.54) is 11.3 Å². The zero-order chi connectivity index (χ0) is 16.4. The Morgan fingerprint density at radius 2 is 1.75 bits per heavy atom. The minimum atomic E-state index is -0.136. The van der Waals surface area contributed by atoms with E-state index in [1.54, 1.807) is 21.1 Å². The molecule has 0 saturated carbocycles. The van der Waals surface area contributed by atoms with Gasteiger partial charge in [-0.05, 0) is 17.7 Å². The number of hydrogen-bond acceptors (Lipinski definition) is 4. The third-order valence-electron chi connectivity index (χ3n) is 3.70. The van der Waals surface area contributed by atoms with E-state index in [2.05, 4.69) is 10.1 Å². The van der Waals surface area contributed by atoms with Crippen LogP contribution in [0.4, 0.5) is 5.69 Å². The van der Waals surface area contributed by atoms with Crippen molar-refractivity contribution in [2.24, 2.45) is 0 Å². The van der Waals surface area contributed by atoms with Crippen LogP contribution in [0.1, 0.15) is 16.1 Å². The third kappa shape index (κ3) is 2.79. The van der Waals surface area contributed by atoms with Crippen LogP contribution in [0.25, 0.3) is 4.96 Å². The van der Waals surface area contributed by atoms with Crippen molar-refractivity contribution in [1.82, 2.24) is 14.6 Å². The molecular formula is C18H14N4OS. The van der Waals surface area contributed by atoms with E-state index in [0.29, 0.717) is 17.2 Å². The Bertz CT molecular complexity index is 934. The van der Waals surface area contributed by atoms with E-state index in [1.807, 2.05) is 60.7 Å². The summed E-state index contributed by atoms with van der Waals surface area (Å²) in [5.74, 6) is -0.136. The van der Waals surface area contributed by atoms with Gasteiger partial charge in [0.25, 0.3) is 5.91 Å². The number of imidazole rings is 1. The summed E-state index contributed by atoms with van der Waals surface area (Å²) < 4.78 is 1.63. The molecule has 0 bridgehead atoms. The number of anilines is 1. The van der Waals surface area contributed by atoms with E-state index in [9.17, 15) is 4.79 Å². The van der Waals surface area contributed by atoms with Crippen molar-refractivity contribution in [3.63, 3.8) is 0 Å². The molecule has 0 unspecified atom stereocenters. The first-order chi connectivity index (χ1) is 11.8. The first-order valence-electron chi connectivity index (χ1n) is 7.51. The second-order valence-corrected chi connectivity index (χ2v) is 6.12. The maximum Gasteiger partial charge on any atom is 0.278 e. The summed E-state index contributed by atoms with van der Waals surface area (Å²) in [6, 6.07) is 19.6. The Morgan fingerprint density at radius 1 is 1.04 bits per heavy atom. The molecule has 0 aliphatic rings. The topological polar surface area (TPSA) is 50.5 Å². The Kier molecular flexibility index (Phi) is 3.80. The molecule has 24 heavy (non-hydrogen) atoms. The van der Waals surface area contributed by atoms with Gasteiger partial charge in [-0.15, -0.1) is 0 Å². The average molecular weight is 334 g/mol. The average Bonchev–Trinajstić information content (AvgIpc) is 3.23. The molecule has 5 nitrogen and oxygen atoms in total. The first kappa shape index (κ1) is 14.6. The summed E-state index contributed by atoms with van der Waals surface area (Å²) in [6.07, 6.45) is 1.68. The second kappa shape index (κ2) is 6.25. The van der Waals surface area contributed by atoms with Crippen LogP contribution in [0.3, 0.4) is 0 Å². The van der Waals surface area contributed by atoms with Crippen molar-refractivity contribution in [2.75, 3.05) is 4.90 Å². The largest absolute Gasteiger partial charge is 0.303 e. The van der Waals surface area contributed by atoms with E-state index in [4.69, 9.17) is 0 Å². The number of carbonyl (C=O) groups is 1. The Labute approximate surface area is 142 Å². The highest BCUT2D eigenvalue weighted by molar-refractivity contribution is 7.14. The van der Waals surface area contributed by atoms with Gasteiger partial charge in [0.05, 0.1) is 12.7 Å². The van der Waals surface area contributed by atoms with Gasteiger partial charge in [0, 0.05) is 5.69 Å². The predicted octanol–water partition coefficient (Wildman–Crippen LogP) is 3.64. The molecular weight excluding hydrogens is 320 g/mol. The predicted molar refractivity (Wildman–Crippen MR) is 94.3 cm³/mol. The summed E-state index contributed by atoms with van der Waals surface area (Å²) in [7, 11) is 0. The summed E-state index contributed by atoms with van der Waals surface area (Å²) >= 11 is 1.41. The number of nitrogens with zero attached hydrogens (tertiary/aromatic N) is 4. The molecule has 2 heterocycles. The minimum Gasteiger partial charge on any atom is -0.303 e. The lowest BCUT2D eigenvalue weighted by molar-refractivity contribution is 0.0981. The van der Waals surface area contributed by atoms with Crippen LogP contribution in [-0.4, -0.2) is 20.5 Å². The van der Waals surface area contributed by atoms with Crippen molar-refractivity contribution in [1.29, 1.82) is 0 Å². The van der Waals surface area contributed by atoms with Gasteiger partial charge in [0.1, 0.15) is 11.2 Å². The Balaban J connectivity index is 1.71. The van der Waals surface area contributed by atoms with Crippen LogP contribution in [0, 0.1) is 0 Å². The van der Waals surface area contributed by atoms with Gasteiger partial charge >= 0.3 is 0 Å². The van der Waals surface area contributed by atoms with Crippen LogP contribution in [-0.2, 0) is 6.54 Å². The quantitative estimate of drug-likeness (QED) is 0.572. The van der Waals surface area contributed by atoms with Crippen LogP contribution in [0.2, 0.25) is 0 Å². The monoisotopic (exact) mass is 334 g/mol. The summed E-state index contributed by atoms with van der Waals surface area (Å²) in [6.45, 7) is 0.488. The summed E-state index contributed by atoms with van der Waals surface area (Å²) in [5.41, 5.74) is 4.01. The molecule has 6 heteroatoms. The molecule has 4 aromatic rings. The maximum absolute atomic E-state index is 13.0. The lowest BCUT2D eigenvalue weighted by Gasteiger charge is -2.22. The summed E-state index contributed by atoms with van der Waals surface area (Å²) in [5, 5.41) is 4.14. The number of benzene rings is 2. The number of para-hydroxylation sites is 1. The molecule has 1 amide bonds. The smallest absolute Gasteiger partial charge is 0.278 e. The number of carbonyl (C=O) groups excluding carboxylic acids is 1. The van der Waals surface area contributed by atoms with E-state index >= 15 is 0 Å². The highest BCUT2D eigenvalue weighted by Gasteiger charge is 2.21. The number of rotatable bonds is 4. The van der Waals surface area contributed by atoms with Gasteiger partial charge in [-0.25, -0.2) is 9.50 Å². The molecule has 2 aromatic heterocycles. The highest BCUT2D eigenvalue weighted by Crippen LogP contribution is 2.20. The minimum absolute atomic E-state index is 0.136. The van der Waals surface area contributed by atoms with Crippen molar-refractivity contribution in [3.8, 4) is 0 Å². The molecule has 2 aromatic carbocycles. The molecule has 0 spiro atoms.